The van der Waals surface area contributed by atoms with Crippen molar-refractivity contribution in [2.24, 2.45) is 5.73 Å². The monoisotopic (exact) mass is 213 g/mol. The van der Waals surface area contributed by atoms with Gasteiger partial charge in [0.25, 0.3) is 0 Å². The number of aromatic nitrogens is 2. The largest absolute Gasteiger partial charge is 0.330 e. The van der Waals surface area contributed by atoms with Crippen molar-refractivity contribution in [3.8, 4) is 0 Å². The van der Waals surface area contributed by atoms with Gasteiger partial charge < -0.3 is 10.3 Å². The van der Waals surface area contributed by atoms with Gasteiger partial charge in [0.15, 0.2) is 5.15 Å². The van der Waals surface area contributed by atoms with Crippen LogP contribution in [0.15, 0.2) is 0 Å². The van der Waals surface area contributed by atoms with E-state index in [4.69, 9.17) is 17.3 Å². The van der Waals surface area contributed by atoms with Gasteiger partial charge in [0, 0.05) is 12.5 Å². The standard InChI is InChI=1S/C10H16ClN3/c1-7-3-2-4-8-10(11)13-9(5-6-12)14(7)8/h7H,2-6,12H2,1H3. The fourth-order valence-corrected chi connectivity index (χ4v) is 2.51. The molecular formula is C10H16ClN3. The third kappa shape index (κ3) is 1.55. The number of nitrogens with zero attached hydrogens (tertiary/aromatic N) is 2. The molecule has 0 bridgehead atoms. The van der Waals surface area contributed by atoms with E-state index in [1.54, 1.807) is 0 Å². The molecule has 0 saturated heterocycles. The molecule has 0 aromatic carbocycles. The van der Waals surface area contributed by atoms with Crippen molar-refractivity contribution in [1.82, 2.24) is 9.55 Å². The molecule has 1 aromatic heterocycles. The number of halogens is 1. The zero-order chi connectivity index (χ0) is 10.1. The summed E-state index contributed by atoms with van der Waals surface area (Å²) in [6, 6.07) is 0.528. The van der Waals surface area contributed by atoms with Crippen molar-refractivity contribution in [2.75, 3.05) is 6.54 Å². The van der Waals surface area contributed by atoms with Crippen LogP contribution in [0.4, 0.5) is 0 Å². The topological polar surface area (TPSA) is 43.8 Å². The second-order valence-corrected chi connectivity index (χ2v) is 4.27. The molecule has 1 aliphatic rings. The zero-order valence-electron chi connectivity index (χ0n) is 8.46. The van der Waals surface area contributed by atoms with Crippen LogP contribution in [0.5, 0.6) is 0 Å². The summed E-state index contributed by atoms with van der Waals surface area (Å²) in [5, 5.41) is 0.681. The Hall–Kier alpha value is -0.540. The Bertz CT molecular complexity index is 332. The van der Waals surface area contributed by atoms with Gasteiger partial charge >= 0.3 is 0 Å². The Kier molecular flexibility index (Phi) is 2.79. The van der Waals surface area contributed by atoms with E-state index in [-0.39, 0.29) is 0 Å². The van der Waals surface area contributed by atoms with E-state index in [1.807, 2.05) is 0 Å². The van der Waals surface area contributed by atoms with E-state index in [0.29, 0.717) is 17.7 Å². The second-order valence-electron chi connectivity index (χ2n) is 3.92. The number of fused-ring (bicyclic) bond motifs is 1. The number of hydrogen-bond acceptors (Lipinski definition) is 2. The van der Waals surface area contributed by atoms with E-state index in [9.17, 15) is 0 Å². The van der Waals surface area contributed by atoms with Crippen LogP contribution in [0.2, 0.25) is 5.15 Å². The van der Waals surface area contributed by atoms with Gasteiger partial charge in [-0.1, -0.05) is 11.6 Å². The minimum atomic E-state index is 0.528. The smallest absolute Gasteiger partial charge is 0.150 e. The lowest BCUT2D eigenvalue weighted by atomic mass is 10.0. The third-order valence-electron chi connectivity index (χ3n) is 2.88. The molecule has 1 unspecified atom stereocenters. The van der Waals surface area contributed by atoms with E-state index in [2.05, 4.69) is 16.5 Å². The van der Waals surface area contributed by atoms with Gasteiger partial charge in [-0.05, 0) is 32.7 Å². The first-order valence-electron chi connectivity index (χ1n) is 5.19. The molecule has 2 heterocycles. The lowest BCUT2D eigenvalue weighted by Gasteiger charge is -2.24. The molecule has 0 amide bonds. The van der Waals surface area contributed by atoms with Crippen LogP contribution in [-0.4, -0.2) is 16.1 Å². The summed E-state index contributed by atoms with van der Waals surface area (Å²) in [5.41, 5.74) is 6.75. The van der Waals surface area contributed by atoms with Gasteiger partial charge in [-0.3, -0.25) is 0 Å². The molecule has 0 fully saturated rings. The number of rotatable bonds is 2. The molecule has 2 rings (SSSR count). The molecule has 0 aliphatic carbocycles. The molecular weight excluding hydrogens is 198 g/mol. The van der Waals surface area contributed by atoms with Crippen LogP contribution in [0.1, 0.15) is 37.3 Å². The molecule has 1 aromatic rings. The highest BCUT2D eigenvalue weighted by Crippen LogP contribution is 2.30. The summed E-state index contributed by atoms with van der Waals surface area (Å²) in [4.78, 5) is 4.38. The van der Waals surface area contributed by atoms with Gasteiger partial charge in [-0.15, -0.1) is 0 Å². The molecule has 0 spiro atoms. The number of imidazole rings is 1. The second kappa shape index (κ2) is 3.91. The molecule has 78 valence electrons. The summed E-state index contributed by atoms with van der Waals surface area (Å²) in [6.45, 7) is 2.86. The number of nitrogens with two attached hydrogens (primary N) is 1. The molecule has 1 atom stereocenters. The number of hydrogen-bond donors (Lipinski definition) is 1. The SMILES string of the molecule is CC1CCCc2c(Cl)nc(CCN)n21. The maximum atomic E-state index is 6.09. The molecule has 0 saturated carbocycles. The highest BCUT2D eigenvalue weighted by atomic mass is 35.5. The maximum Gasteiger partial charge on any atom is 0.150 e. The lowest BCUT2D eigenvalue weighted by molar-refractivity contribution is 0.419. The van der Waals surface area contributed by atoms with Crippen molar-refractivity contribution in [3.05, 3.63) is 16.7 Å². The van der Waals surface area contributed by atoms with Crippen molar-refractivity contribution in [2.45, 2.75) is 38.6 Å². The highest BCUT2D eigenvalue weighted by Gasteiger charge is 2.22. The van der Waals surface area contributed by atoms with Gasteiger partial charge in [-0.2, -0.15) is 0 Å². The fourth-order valence-electron chi connectivity index (χ4n) is 2.23. The van der Waals surface area contributed by atoms with Gasteiger partial charge in [0.1, 0.15) is 5.82 Å². The molecule has 4 heteroatoms. The Morgan fingerprint density at radius 2 is 2.43 bits per heavy atom. The van der Waals surface area contributed by atoms with Crippen molar-refractivity contribution < 1.29 is 0 Å². The fraction of sp³-hybridized carbons (Fsp3) is 0.700. The van der Waals surface area contributed by atoms with E-state index >= 15 is 0 Å². The Morgan fingerprint density at radius 1 is 1.64 bits per heavy atom. The molecule has 1 aliphatic heterocycles. The Balaban J connectivity index is 2.42. The van der Waals surface area contributed by atoms with E-state index in [0.717, 1.165) is 18.7 Å². The Morgan fingerprint density at radius 3 is 3.14 bits per heavy atom. The van der Waals surface area contributed by atoms with Gasteiger partial charge in [-0.25, -0.2) is 4.98 Å². The average molecular weight is 214 g/mol. The molecule has 14 heavy (non-hydrogen) atoms. The minimum absolute atomic E-state index is 0.528. The van der Waals surface area contributed by atoms with Crippen molar-refractivity contribution >= 4 is 11.6 Å². The van der Waals surface area contributed by atoms with Gasteiger partial charge in [0.05, 0.1) is 5.69 Å². The molecule has 2 N–H and O–H groups in total. The summed E-state index contributed by atoms with van der Waals surface area (Å²) in [7, 11) is 0. The maximum absolute atomic E-state index is 6.09. The minimum Gasteiger partial charge on any atom is -0.330 e. The summed E-state index contributed by atoms with van der Waals surface area (Å²) in [6.07, 6.45) is 4.32. The highest BCUT2D eigenvalue weighted by molar-refractivity contribution is 6.30. The van der Waals surface area contributed by atoms with Crippen LogP contribution in [0, 0.1) is 0 Å². The van der Waals surface area contributed by atoms with Crippen LogP contribution in [0.3, 0.4) is 0 Å². The van der Waals surface area contributed by atoms with E-state index < -0.39 is 0 Å². The summed E-state index contributed by atoms with van der Waals surface area (Å²) < 4.78 is 2.28. The van der Waals surface area contributed by atoms with Crippen molar-refractivity contribution in [1.29, 1.82) is 0 Å². The first kappa shape index (κ1) is 9.99. The normalized spacial score (nSPS) is 20.9. The first-order chi connectivity index (χ1) is 6.74. The van der Waals surface area contributed by atoms with Crippen LogP contribution < -0.4 is 5.73 Å². The van der Waals surface area contributed by atoms with Crippen LogP contribution in [0.25, 0.3) is 0 Å². The summed E-state index contributed by atoms with van der Waals surface area (Å²) in [5.74, 6) is 1.06. The quantitative estimate of drug-likeness (QED) is 0.816. The van der Waals surface area contributed by atoms with Crippen molar-refractivity contribution in [3.63, 3.8) is 0 Å². The predicted octanol–water partition coefficient (Wildman–Crippen LogP) is 1.93. The summed E-state index contributed by atoms with van der Waals surface area (Å²) >= 11 is 6.09. The zero-order valence-corrected chi connectivity index (χ0v) is 9.22. The van der Waals surface area contributed by atoms with Gasteiger partial charge in [0.2, 0.25) is 0 Å². The lowest BCUT2D eigenvalue weighted by Crippen LogP contribution is -2.19. The predicted molar refractivity (Wildman–Crippen MR) is 57.6 cm³/mol. The third-order valence-corrected chi connectivity index (χ3v) is 3.18. The van der Waals surface area contributed by atoms with Crippen LogP contribution in [-0.2, 0) is 12.8 Å². The first-order valence-corrected chi connectivity index (χ1v) is 5.57. The van der Waals surface area contributed by atoms with E-state index in [1.165, 1.54) is 18.5 Å². The van der Waals surface area contributed by atoms with Crippen LogP contribution >= 0.6 is 11.6 Å². The molecule has 3 nitrogen and oxygen atoms in total. The average Bonchev–Trinajstić information content (AvgIpc) is 2.46. The Labute approximate surface area is 89.3 Å². The molecule has 0 radical (unpaired) electrons.